The highest BCUT2D eigenvalue weighted by molar-refractivity contribution is 7.99. The molecule has 78 valence electrons. The predicted molar refractivity (Wildman–Crippen MR) is 61.8 cm³/mol. The lowest BCUT2D eigenvalue weighted by molar-refractivity contribution is -0.136. The number of carboxylic acids is 1. The highest BCUT2D eigenvalue weighted by Crippen LogP contribution is 2.09. The molecule has 0 aromatic heterocycles. The van der Waals surface area contributed by atoms with Gasteiger partial charge in [0.15, 0.2) is 0 Å². The normalized spacial score (nSPS) is 10.2. The fraction of sp³-hybridized carbons (Fsp3) is 0.889. The molecule has 0 aliphatic carbocycles. The van der Waals surface area contributed by atoms with Crippen LogP contribution in [0.5, 0.6) is 0 Å². The molecule has 2 nitrogen and oxygen atoms in total. The van der Waals surface area contributed by atoms with Gasteiger partial charge in [0.05, 0.1) is 6.42 Å². The Balaban J connectivity index is 2.87. The molecule has 0 aliphatic heterocycles. The topological polar surface area (TPSA) is 37.3 Å². The molecule has 0 heterocycles. The number of carbonyl (C=O) groups is 1. The maximum atomic E-state index is 10.2. The van der Waals surface area contributed by atoms with Crippen LogP contribution < -0.4 is 0 Å². The summed E-state index contributed by atoms with van der Waals surface area (Å²) in [5, 5.41) is 8.37. The van der Waals surface area contributed by atoms with Crippen molar-refractivity contribution in [2.75, 3.05) is 23.5 Å². The Morgan fingerprint density at radius 1 is 1.15 bits per heavy atom. The van der Waals surface area contributed by atoms with E-state index in [0.717, 1.165) is 11.5 Å². The first-order valence-corrected chi connectivity index (χ1v) is 7.10. The van der Waals surface area contributed by atoms with E-state index < -0.39 is 5.97 Å². The third-order valence-corrected chi connectivity index (χ3v) is 3.36. The molecule has 0 rings (SSSR count). The minimum absolute atomic E-state index is 0.301. The van der Waals surface area contributed by atoms with Gasteiger partial charge in [-0.2, -0.15) is 23.5 Å². The van der Waals surface area contributed by atoms with Gasteiger partial charge in [-0.1, -0.05) is 6.42 Å². The van der Waals surface area contributed by atoms with Crippen LogP contribution in [0.4, 0.5) is 0 Å². The van der Waals surface area contributed by atoms with Crippen molar-refractivity contribution in [3.05, 3.63) is 0 Å². The summed E-state index contributed by atoms with van der Waals surface area (Å²) in [4.78, 5) is 10.2. The van der Waals surface area contributed by atoms with Crippen molar-refractivity contribution in [3.63, 3.8) is 0 Å². The first-order valence-electron chi connectivity index (χ1n) is 4.56. The zero-order chi connectivity index (χ0) is 9.94. The van der Waals surface area contributed by atoms with E-state index in [0.29, 0.717) is 6.42 Å². The SMILES string of the molecule is CSCCCCCSCCC(=O)O. The summed E-state index contributed by atoms with van der Waals surface area (Å²) >= 11 is 3.64. The Morgan fingerprint density at radius 3 is 2.46 bits per heavy atom. The molecular formula is C9H18O2S2. The lowest BCUT2D eigenvalue weighted by atomic mass is 10.3. The molecular weight excluding hydrogens is 204 g/mol. The maximum Gasteiger partial charge on any atom is 0.304 e. The van der Waals surface area contributed by atoms with Crippen LogP contribution in [-0.2, 0) is 4.79 Å². The summed E-state index contributed by atoms with van der Waals surface area (Å²) in [5.74, 6) is 2.44. The number of hydrogen-bond donors (Lipinski definition) is 1. The molecule has 0 radical (unpaired) electrons. The van der Waals surface area contributed by atoms with Gasteiger partial charge in [-0.25, -0.2) is 0 Å². The van der Waals surface area contributed by atoms with Crippen LogP contribution in [0, 0.1) is 0 Å². The molecule has 0 fully saturated rings. The van der Waals surface area contributed by atoms with E-state index in [4.69, 9.17) is 5.11 Å². The lowest BCUT2D eigenvalue weighted by Gasteiger charge is -1.99. The number of thioether (sulfide) groups is 2. The highest BCUT2D eigenvalue weighted by Gasteiger charge is 1.96. The summed E-state index contributed by atoms with van der Waals surface area (Å²) in [6.07, 6.45) is 6.23. The molecule has 0 spiro atoms. The van der Waals surface area contributed by atoms with E-state index in [2.05, 4.69) is 6.26 Å². The molecule has 0 unspecified atom stereocenters. The summed E-state index contributed by atoms with van der Waals surface area (Å²) in [7, 11) is 0. The first kappa shape index (κ1) is 13.2. The molecule has 0 saturated heterocycles. The summed E-state index contributed by atoms with van der Waals surface area (Å²) in [5.41, 5.74) is 0. The molecule has 13 heavy (non-hydrogen) atoms. The fourth-order valence-corrected chi connectivity index (χ4v) is 2.31. The minimum atomic E-state index is -0.685. The zero-order valence-corrected chi connectivity index (χ0v) is 9.75. The number of hydrogen-bond acceptors (Lipinski definition) is 3. The molecule has 0 aromatic rings. The molecule has 0 amide bonds. The van der Waals surface area contributed by atoms with E-state index >= 15 is 0 Å². The molecule has 0 aliphatic rings. The van der Waals surface area contributed by atoms with Crippen LogP contribution in [-0.4, -0.2) is 34.6 Å². The number of unbranched alkanes of at least 4 members (excludes halogenated alkanes) is 2. The van der Waals surface area contributed by atoms with Gasteiger partial charge >= 0.3 is 5.97 Å². The predicted octanol–water partition coefficient (Wildman–Crippen LogP) is 2.73. The largest absolute Gasteiger partial charge is 0.481 e. The van der Waals surface area contributed by atoms with Crippen molar-refractivity contribution in [1.82, 2.24) is 0 Å². The Hall–Kier alpha value is 0.170. The summed E-state index contributed by atoms with van der Waals surface area (Å²) in [6.45, 7) is 0. The van der Waals surface area contributed by atoms with E-state index in [-0.39, 0.29) is 0 Å². The highest BCUT2D eigenvalue weighted by atomic mass is 32.2. The van der Waals surface area contributed by atoms with Gasteiger partial charge in [0.25, 0.3) is 0 Å². The number of carboxylic acid groups (broad SMARTS) is 1. The van der Waals surface area contributed by atoms with Crippen LogP contribution in [0.15, 0.2) is 0 Å². The van der Waals surface area contributed by atoms with Gasteiger partial charge in [-0.05, 0) is 30.6 Å². The van der Waals surface area contributed by atoms with E-state index in [9.17, 15) is 4.79 Å². The average molecular weight is 222 g/mol. The van der Waals surface area contributed by atoms with Crippen molar-refractivity contribution in [2.45, 2.75) is 25.7 Å². The van der Waals surface area contributed by atoms with Gasteiger partial charge in [0.1, 0.15) is 0 Å². The second kappa shape index (κ2) is 10.3. The van der Waals surface area contributed by atoms with Crippen LogP contribution in [0.25, 0.3) is 0 Å². The fourth-order valence-electron chi connectivity index (χ4n) is 0.889. The Morgan fingerprint density at radius 2 is 1.85 bits per heavy atom. The second-order valence-corrected chi connectivity index (χ2v) is 5.02. The van der Waals surface area contributed by atoms with Crippen LogP contribution in [0.1, 0.15) is 25.7 Å². The van der Waals surface area contributed by atoms with E-state index in [1.165, 1.54) is 25.0 Å². The van der Waals surface area contributed by atoms with Crippen molar-refractivity contribution in [3.8, 4) is 0 Å². The summed E-state index contributed by atoms with van der Waals surface area (Å²) < 4.78 is 0. The Kier molecular flexibility index (Phi) is 10.4. The third kappa shape index (κ3) is 12.2. The Bertz CT molecular complexity index is 129. The molecule has 4 heteroatoms. The van der Waals surface area contributed by atoms with Gasteiger partial charge in [0, 0.05) is 5.75 Å². The van der Waals surface area contributed by atoms with Gasteiger partial charge in [0.2, 0.25) is 0 Å². The standard InChI is InChI=1S/C9H18O2S2/c1-12-6-3-2-4-7-13-8-5-9(10)11/h2-8H2,1H3,(H,10,11). The monoisotopic (exact) mass is 222 g/mol. The average Bonchev–Trinajstić information content (AvgIpc) is 2.09. The summed E-state index contributed by atoms with van der Waals surface area (Å²) in [6, 6.07) is 0. The number of rotatable bonds is 9. The van der Waals surface area contributed by atoms with E-state index in [1.54, 1.807) is 11.8 Å². The first-order chi connectivity index (χ1) is 6.27. The molecule has 0 aromatic carbocycles. The smallest absolute Gasteiger partial charge is 0.304 e. The third-order valence-electron chi connectivity index (χ3n) is 1.60. The molecule has 0 bridgehead atoms. The minimum Gasteiger partial charge on any atom is -0.481 e. The maximum absolute atomic E-state index is 10.2. The quantitative estimate of drug-likeness (QED) is 0.609. The number of aliphatic carboxylic acids is 1. The van der Waals surface area contributed by atoms with Gasteiger partial charge in [-0.3, -0.25) is 4.79 Å². The van der Waals surface area contributed by atoms with E-state index in [1.807, 2.05) is 11.8 Å². The molecule has 0 atom stereocenters. The Labute approximate surface area is 88.9 Å². The van der Waals surface area contributed by atoms with Crippen LogP contribution in [0.2, 0.25) is 0 Å². The van der Waals surface area contributed by atoms with Crippen molar-refractivity contribution < 1.29 is 9.90 Å². The lowest BCUT2D eigenvalue weighted by Crippen LogP contribution is -1.96. The van der Waals surface area contributed by atoms with Crippen molar-refractivity contribution >= 4 is 29.5 Å². The van der Waals surface area contributed by atoms with Crippen molar-refractivity contribution in [1.29, 1.82) is 0 Å². The van der Waals surface area contributed by atoms with Crippen LogP contribution in [0.3, 0.4) is 0 Å². The van der Waals surface area contributed by atoms with Gasteiger partial charge in [-0.15, -0.1) is 0 Å². The molecule has 0 saturated carbocycles. The molecule has 1 N–H and O–H groups in total. The zero-order valence-electron chi connectivity index (χ0n) is 8.12. The van der Waals surface area contributed by atoms with Gasteiger partial charge < -0.3 is 5.11 Å². The second-order valence-electron chi connectivity index (χ2n) is 2.81. The van der Waals surface area contributed by atoms with Crippen LogP contribution >= 0.6 is 23.5 Å². The van der Waals surface area contributed by atoms with Crippen molar-refractivity contribution in [2.24, 2.45) is 0 Å².